The van der Waals surface area contributed by atoms with Gasteiger partial charge in [0, 0.05) is 0 Å². The summed E-state index contributed by atoms with van der Waals surface area (Å²) in [6, 6.07) is 0. The molecule has 1 atom stereocenters. The van der Waals surface area contributed by atoms with Crippen LogP contribution in [0.4, 0.5) is 4.39 Å². The Hall–Kier alpha value is -0.850. The molecule has 0 aromatic heterocycles. The molecule has 0 radical (unpaired) electrons. The Morgan fingerprint density at radius 2 is 1.67 bits per heavy atom. The Labute approximate surface area is 132 Å². The molecule has 0 nitrogen and oxygen atoms in total. The Kier molecular flexibility index (Phi) is 8.85. The standard InChI is InChI=1S/C20H35F/c1-15(2)11-12-20(7,8)17(5)14-19(13-16(3)4)10-9-18(6)21/h13-15,18H,3,9-12H2,1-2,4-8H3. The van der Waals surface area contributed by atoms with Crippen molar-refractivity contribution in [1.82, 2.24) is 0 Å². The summed E-state index contributed by atoms with van der Waals surface area (Å²) in [5, 5.41) is 0. The molecule has 0 spiro atoms. The average Bonchev–Trinajstić information content (AvgIpc) is 2.32. The minimum Gasteiger partial charge on any atom is -0.248 e. The van der Waals surface area contributed by atoms with Crippen LogP contribution in [0.15, 0.2) is 35.5 Å². The molecule has 0 fully saturated rings. The molecule has 21 heavy (non-hydrogen) atoms. The van der Waals surface area contributed by atoms with E-state index in [1.807, 2.05) is 6.92 Å². The van der Waals surface area contributed by atoms with E-state index in [0.717, 1.165) is 17.9 Å². The molecule has 0 aromatic rings. The lowest BCUT2D eigenvalue weighted by Crippen LogP contribution is -2.14. The molecule has 0 saturated carbocycles. The minimum absolute atomic E-state index is 0.194. The third kappa shape index (κ3) is 9.66. The second-order valence-corrected chi connectivity index (χ2v) is 7.53. The summed E-state index contributed by atoms with van der Waals surface area (Å²) in [7, 11) is 0. The van der Waals surface area contributed by atoms with Crippen molar-refractivity contribution >= 4 is 0 Å². The van der Waals surface area contributed by atoms with Gasteiger partial charge < -0.3 is 0 Å². The van der Waals surface area contributed by atoms with Crippen LogP contribution in [0.3, 0.4) is 0 Å². The van der Waals surface area contributed by atoms with E-state index in [9.17, 15) is 4.39 Å². The van der Waals surface area contributed by atoms with Crippen molar-refractivity contribution in [1.29, 1.82) is 0 Å². The molecule has 0 N–H and O–H groups in total. The first-order valence-corrected chi connectivity index (χ1v) is 8.23. The van der Waals surface area contributed by atoms with E-state index < -0.39 is 6.17 Å². The largest absolute Gasteiger partial charge is 0.248 e. The van der Waals surface area contributed by atoms with Crippen LogP contribution < -0.4 is 0 Å². The maximum atomic E-state index is 13.1. The molecule has 0 rings (SSSR count). The normalized spacial score (nSPS) is 15.5. The van der Waals surface area contributed by atoms with Crippen LogP contribution in [0.5, 0.6) is 0 Å². The van der Waals surface area contributed by atoms with E-state index in [-0.39, 0.29) is 5.41 Å². The Morgan fingerprint density at radius 3 is 2.10 bits per heavy atom. The van der Waals surface area contributed by atoms with Gasteiger partial charge in [-0.3, -0.25) is 0 Å². The molecule has 1 heteroatoms. The van der Waals surface area contributed by atoms with Gasteiger partial charge >= 0.3 is 0 Å². The molecule has 0 aliphatic heterocycles. The number of alkyl halides is 1. The summed E-state index contributed by atoms with van der Waals surface area (Å²) >= 11 is 0. The topological polar surface area (TPSA) is 0 Å². The molecule has 0 aliphatic carbocycles. The van der Waals surface area contributed by atoms with E-state index in [1.54, 1.807) is 6.92 Å². The molecule has 0 amide bonds. The maximum absolute atomic E-state index is 13.1. The highest BCUT2D eigenvalue weighted by molar-refractivity contribution is 5.31. The highest BCUT2D eigenvalue weighted by Crippen LogP contribution is 2.34. The summed E-state index contributed by atoms with van der Waals surface area (Å²) in [5.74, 6) is 0.731. The Bertz CT molecular complexity index is 381. The van der Waals surface area contributed by atoms with Crippen LogP contribution in [-0.2, 0) is 0 Å². The summed E-state index contributed by atoms with van der Waals surface area (Å²) in [6.07, 6.45) is 7.37. The molecule has 0 heterocycles. The van der Waals surface area contributed by atoms with Crippen LogP contribution in [0.25, 0.3) is 0 Å². The summed E-state index contributed by atoms with van der Waals surface area (Å²) in [6.45, 7) is 18.9. The Morgan fingerprint density at radius 1 is 1.10 bits per heavy atom. The predicted molar refractivity (Wildman–Crippen MR) is 94.3 cm³/mol. The van der Waals surface area contributed by atoms with Gasteiger partial charge in [0.05, 0.1) is 6.17 Å². The molecule has 0 bridgehead atoms. The fourth-order valence-corrected chi connectivity index (χ4v) is 2.19. The summed E-state index contributed by atoms with van der Waals surface area (Å²) in [4.78, 5) is 0. The molecule has 0 saturated heterocycles. The van der Waals surface area contributed by atoms with Crippen molar-refractivity contribution in [2.75, 3.05) is 0 Å². The van der Waals surface area contributed by atoms with Gasteiger partial charge in [0.15, 0.2) is 0 Å². The zero-order chi connectivity index (χ0) is 16.6. The number of hydrogen-bond acceptors (Lipinski definition) is 0. The van der Waals surface area contributed by atoms with E-state index in [4.69, 9.17) is 0 Å². The van der Waals surface area contributed by atoms with Gasteiger partial charge in [-0.2, -0.15) is 0 Å². The molecule has 1 unspecified atom stereocenters. The zero-order valence-electron chi connectivity index (χ0n) is 15.2. The first kappa shape index (κ1) is 20.1. The monoisotopic (exact) mass is 294 g/mol. The van der Waals surface area contributed by atoms with Gasteiger partial charge in [-0.05, 0) is 56.9 Å². The smallest absolute Gasteiger partial charge is 0.0976 e. The van der Waals surface area contributed by atoms with Crippen LogP contribution in [0.1, 0.15) is 74.1 Å². The van der Waals surface area contributed by atoms with Gasteiger partial charge in [-0.15, -0.1) is 0 Å². The second-order valence-electron chi connectivity index (χ2n) is 7.53. The number of allylic oxidation sites excluding steroid dienone is 5. The molecule has 0 aromatic carbocycles. The third-order valence-corrected chi connectivity index (χ3v) is 4.08. The fraction of sp³-hybridized carbons (Fsp3) is 0.700. The van der Waals surface area contributed by atoms with Gasteiger partial charge in [0.1, 0.15) is 0 Å². The fourth-order valence-electron chi connectivity index (χ4n) is 2.19. The number of halogens is 1. The van der Waals surface area contributed by atoms with Crippen LogP contribution in [0.2, 0.25) is 0 Å². The summed E-state index contributed by atoms with van der Waals surface area (Å²) < 4.78 is 13.1. The predicted octanol–water partition coefficient (Wildman–Crippen LogP) is 7.04. The molecule has 122 valence electrons. The van der Waals surface area contributed by atoms with E-state index in [0.29, 0.717) is 6.42 Å². The average molecular weight is 294 g/mol. The number of hydrogen-bond donors (Lipinski definition) is 0. The quantitative estimate of drug-likeness (QED) is 0.400. The SMILES string of the molecule is C=C(C)C=C(C=C(C)C(C)(C)CCC(C)C)CCC(C)F. The molecular weight excluding hydrogens is 259 g/mol. The van der Waals surface area contributed by atoms with Gasteiger partial charge in [-0.1, -0.05) is 64.0 Å². The summed E-state index contributed by atoms with van der Waals surface area (Å²) in [5.41, 5.74) is 3.80. The van der Waals surface area contributed by atoms with E-state index >= 15 is 0 Å². The maximum Gasteiger partial charge on any atom is 0.0976 e. The van der Waals surface area contributed by atoms with E-state index in [1.165, 1.54) is 24.0 Å². The minimum atomic E-state index is -0.749. The van der Waals surface area contributed by atoms with Crippen molar-refractivity contribution < 1.29 is 4.39 Å². The van der Waals surface area contributed by atoms with Gasteiger partial charge in [-0.25, -0.2) is 4.39 Å². The third-order valence-electron chi connectivity index (χ3n) is 4.08. The Balaban J connectivity index is 5.03. The van der Waals surface area contributed by atoms with Crippen molar-refractivity contribution in [3.8, 4) is 0 Å². The van der Waals surface area contributed by atoms with Crippen LogP contribution >= 0.6 is 0 Å². The zero-order valence-corrected chi connectivity index (χ0v) is 15.2. The second kappa shape index (κ2) is 9.23. The highest BCUT2D eigenvalue weighted by atomic mass is 19.1. The van der Waals surface area contributed by atoms with Crippen LogP contribution in [0, 0.1) is 11.3 Å². The lowest BCUT2D eigenvalue weighted by molar-refractivity contribution is 0.341. The first-order valence-electron chi connectivity index (χ1n) is 8.23. The van der Waals surface area contributed by atoms with Crippen LogP contribution in [-0.4, -0.2) is 6.17 Å². The molecular formula is C20H35F. The first-order chi connectivity index (χ1) is 9.54. The van der Waals surface area contributed by atoms with Crippen molar-refractivity contribution in [3.05, 3.63) is 35.5 Å². The van der Waals surface area contributed by atoms with Crippen molar-refractivity contribution in [2.24, 2.45) is 11.3 Å². The lowest BCUT2D eigenvalue weighted by Gasteiger charge is -2.27. The number of rotatable bonds is 9. The van der Waals surface area contributed by atoms with Crippen molar-refractivity contribution in [2.45, 2.75) is 80.3 Å². The van der Waals surface area contributed by atoms with Gasteiger partial charge in [0.25, 0.3) is 0 Å². The van der Waals surface area contributed by atoms with Gasteiger partial charge in [0.2, 0.25) is 0 Å². The van der Waals surface area contributed by atoms with Crippen molar-refractivity contribution in [3.63, 3.8) is 0 Å². The van der Waals surface area contributed by atoms with E-state index in [2.05, 4.69) is 53.3 Å². The lowest BCUT2D eigenvalue weighted by atomic mass is 9.78. The molecule has 0 aliphatic rings. The highest BCUT2D eigenvalue weighted by Gasteiger charge is 2.20.